The van der Waals surface area contributed by atoms with E-state index in [2.05, 4.69) is 15.3 Å². The summed E-state index contributed by atoms with van der Waals surface area (Å²) in [7, 11) is 0. The highest BCUT2D eigenvalue weighted by atomic mass is 35.5. The van der Waals surface area contributed by atoms with Gasteiger partial charge in [0.05, 0.1) is 21.8 Å². The van der Waals surface area contributed by atoms with E-state index in [0.29, 0.717) is 49.1 Å². The van der Waals surface area contributed by atoms with Crippen molar-refractivity contribution in [3.8, 4) is 5.69 Å². The van der Waals surface area contributed by atoms with Crippen molar-refractivity contribution in [2.45, 2.75) is 44.7 Å². The lowest BCUT2D eigenvalue weighted by Crippen LogP contribution is -2.39. The molecule has 0 unspecified atom stereocenters. The molecular weight excluding hydrogens is 507 g/mol. The number of amides is 1. The van der Waals surface area contributed by atoms with Crippen LogP contribution in [0, 0.1) is 11.7 Å². The molecular formula is C26H23ClF3N5O2. The molecule has 1 aliphatic carbocycles. The molecule has 1 fully saturated rings. The first-order valence-corrected chi connectivity index (χ1v) is 12.3. The molecule has 7 nitrogen and oxygen atoms in total. The molecule has 0 radical (unpaired) electrons. The van der Waals surface area contributed by atoms with E-state index in [1.165, 1.54) is 22.8 Å². The molecule has 0 atom stereocenters. The van der Waals surface area contributed by atoms with Crippen LogP contribution < -0.4 is 11.0 Å². The lowest BCUT2D eigenvalue weighted by molar-refractivity contribution is 0.0904. The third-order valence-electron chi connectivity index (χ3n) is 6.71. The summed E-state index contributed by atoms with van der Waals surface area (Å²) in [5.74, 6) is -0.931. The number of imidazole rings is 1. The van der Waals surface area contributed by atoms with E-state index in [4.69, 9.17) is 11.6 Å². The Morgan fingerprint density at radius 1 is 1.11 bits per heavy atom. The van der Waals surface area contributed by atoms with E-state index in [9.17, 15) is 22.8 Å². The molecule has 0 saturated heterocycles. The van der Waals surface area contributed by atoms with Crippen molar-refractivity contribution in [1.82, 2.24) is 24.4 Å². The monoisotopic (exact) mass is 529 g/mol. The second-order valence-corrected chi connectivity index (χ2v) is 9.57. The fourth-order valence-electron chi connectivity index (χ4n) is 4.93. The van der Waals surface area contributed by atoms with E-state index in [0.717, 1.165) is 6.20 Å². The van der Waals surface area contributed by atoms with Crippen LogP contribution in [0.2, 0.25) is 5.02 Å². The quantitative estimate of drug-likeness (QED) is 0.367. The van der Waals surface area contributed by atoms with E-state index in [1.54, 1.807) is 35.0 Å². The topological polar surface area (TPSA) is 81.8 Å². The molecule has 192 valence electrons. The molecule has 0 bridgehead atoms. The number of carbonyl (C=O) groups excluding carboxylic acids is 1. The van der Waals surface area contributed by atoms with Gasteiger partial charge < -0.3 is 5.32 Å². The van der Waals surface area contributed by atoms with Crippen LogP contribution in [-0.4, -0.2) is 31.1 Å². The molecule has 1 amide bonds. The molecule has 1 N–H and O–H groups in total. The Morgan fingerprint density at radius 3 is 2.62 bits per heavy atom. The summed E-state index contributed by atoms with van der Waals surface area (Å²) in [6, 6.07) is 10.4. The third kappa shape index (κ3) is 5.11. The summed E-state index contributed by atoms with van der Waals surface area (Å²) < 4.78 is 43.5. The van der Waals surface area contributed by atoms with Crippen LogP contribution in [0.4, 0.5) is 13.2 Å². The van der Waals surface area contributed by atoms with E-state index < -0.39 is 23.8 Å². The number of fused-ring (bicyclic) bond motifs is 1. The smallest absolute Gasteiger partial charge is 0.334 e. The second-order valence-electron chi connectivity index (χ2n) is 9.13. The normalized spacial score (nSPS) is 17.9. The van der Waals surface area contributed by atoms with Gasteiger partial charge in [0.25, 0.3) is 12.3 Å². The van der Waals surface area contributed by atoms with Gasteiger partial charge in [-0.25, -0.2) is 22.9 Å². The van der Waals surface area contributed by atoms with Gasteiger partial charge in [0, 0.05) is 25.0 Å². The van der Waals surface area contributed by atoms with Gasteiger partial charge in [-0.2, -0.15) is 0 Å². The average Bonchev–Trinajstić information content (AvgIpc) is 3.16. The van der Waals surface area contributed by atoms with Crippen LogP contribution in [0.1, 0.15) is 48.2 Å². The van der Waals surface area contributed by atoms with Crippen molar-refractivity contribution in [3.05, 3.63) is 87.4 Å². The number of benzene rings is 1. The van der Waals surface area contributed by atoms with Crippen molar-refractivity contribution < 1.29 is 18.0 Å². The Hall–Kier alpha value is -3.66. The van der Waals surface area contributed by atoms with E-state index in [-0.39, 0.29) is 28.2 Å². The maximum absolute atomic E-state index is 13.9. The maximum Gasteiger partial charge on any atom is 0.334 e. The van der Waals surface area contributed by atoms with Crippen molar-refractivity contribution in [1.29, 1.82) is 0 Å². The van der Waals surface area contributed by atoms with Gasteiger partial charge in [-0.1, -0.05) is 17.7 Å². The fourth-order valence-corrected chi connectivity index (χ4v) is 5.09. The number of rotatable bonds is 6. The Balaban J connectivity index is 1.30. The van der Waals surface area contributed by atoms with Crippen molar-refractivity contribution in [2.75, 3.05) is 0 Å². The van der Waals surface area contributed by atoms with Crippen LogP contribution in [0.25, 0.3) is 16.9 Å². The first kappa shape index (κ1) is 25.0. The van der Waals surface area contributed by atoms with Crippen molar-refractivity contribution in [2.24, 2.45) is 5.92 Å². The van der Waals surface area contributed by atoms with E-state index >= 15 is 0 Å². The summed E-state index contributed by atoms with van der Waals surface area (Å²) in [5, 5.41) is 2.93. The first-order chi connectivity index (χ1) is 17.8. The predicted octanol–water partition coefficient (Wildman–Crippen LogP) is 5.30. The number of alkyl halides is 2. The van der Waals surface area contributed by atoms with Gasteiger partial charge in [0.1, 0.15) is 11.5 Å². The molecule has 3 heterocycles. The Bertz CT molecular complexity index is 1510. The summed E-state index contributed by atoms with van der Waals surface area (Å²) in [6.45, 7) is 0.420. The minimum Gasteiger partial charge on any atom is -0.349 e. The average molecular weight is 530 g/mol. The van der Waals surface area contributed by atoms with Crippen LogP contribution in [0.5, 0.6) is 0 Å². The molecule has 11 heteroatoms. The molecule has 4 aromatic rings. The number of hydrogen-bond acceptors (Lipinski definition) is 4. The SMILES string of the molecule is O=C(NC1CCC(Cn2c(=O)n(-c3cccc(F)c3)c3cccnc32)CC1)c1cc(Cl)cnc1C(F)F. The van der Waals surface area contributed by atoms with Crippen molar-refractivity contribution in [3.63, 3.8) is 0 Å². The first-order valence-electron chi connectivity index (χ1n) is 11.9. The second kappa shape index (κ2) is 10.4. The maximum atomic E-state index is 13.9. The van der Waals surface area contributed by atoms with Gasteiger partial charge in [0.2, 0.25) is 0 Å². The summed E-state index contributed by atoms with van der Waals surface area (Å²) in [6.07, 6.45) is 2.48. The van der Waals surface area contributed by atoms with Crippen LogP contribution >= 0.6 is 11.6 Å². The summed E-state index contributed by atoms with van der Waals surface area (Å²) in [4.78, 5) is 34.1. The molecule has 0 aliphatic heterocycles. The number of nitrogens with zero attached hydrogens (tertiary/aromatic N) is 4. The van der Waals surface area contributed by atoms with Gasteiger partial charge >= 0.3 is 5.69 Å². The number of pyridine rings is 2. The Morgan fingerprint density at radius 2 is 1.89 bits per heavy atom. The molecule has 5 rings (SSSR count). The highest BCUT2D eigenvalue weighted by Crippen LogP contribution is 2.28. The molecule has 3 aromatic heterocycles. The molecule has 37 heavy (non-hydrogen) atoms. The zero-order valence-electron chi connectivity index (χ0n) is 19.6. The van der Waals surface area contributed by atoms with Crippen LogP contribution in [0.3, 0.4) is 0 Å². The minimum absolute atomic E-state index is 0.106. The number of carbonyl (C=O) groups is 1. The van der Waals surface area contributed by atoms with Crippen LogP contribution in [-0.2, 0) is 6.54 Å². The molecule has 1 saturated carbocycles. The Kier molecular flexibility index (Phi) is 7.01. The standard InChI is InChI=1S/C26H23ClF3N5O2/c27-16-11-20(22(23(29)30)32-13-16)25(36)33-18-8-6-15(7-9-18)14-34-24-21(5-2-10-31-24)35(26(34)37)19-4-1-3-17(28)12-19/h1-5,10-13,15,18,23H,6-9,14H2,(H,33,36). The van der Waals surface area contributed by atoms with Gasteiger partial charge in [-0.3, -0.25) is 18.9 Å². The van der Waals surface area contributed by atoms with Gasteiger partial charge in [-0.15, -0.1) is 0 Å². The zero-order valence-corrected chi connectivity index (χ0v) is 20.3. The highest BCUT2D eigenvalue weighted by molar-refractivity contribution is 6.30. The summed E-state index contributed by atoms with van der Waals surface area (Å²) in [5.41, 5.74) is 0.392. The molecule has 0 spiro atoms. The predicted molar refractivity (Wildman–Crippen MR) is 133 cm³/mol. The lowest BCUT2D eigenvalue weighted by atomic mass is 9.86. The number of halogens is 4. The Labute approximate surface area is 214 Å². The van der Waals surface area contributed by atoms with Gasteiger partial charge in [-0.05, 0) is 68.0 Å². The summed E-state index contributed by atoms with van der Waals surface area (Å²) >= 11 is 5.87. The number of aromatic nitrogens is 4. The largest absolute Gasteiger partial charge is 0.349 e. The highest BCUT2D eigenvalue weighted by Gasteiger charge is 2.27. The van der Waals surface area contributed by atoms with Gasteiger partial charge in [0.15, 0.2) is 5.65 Å². The number of nitrogens with one attached hydrogen (secondary N) is 1. The number of hydrogen-bond donors (Lipinski definition) is 1. The van der Waals surface area contributed by atoms with E-state index in [1.807, 2.05) is 0 Å². The minimum atomic E-state index is -2.89. The fraction of sp³-hybridized carbons (Fsp3) is 0.308. The lowest BCUT2D eigenvalue weighted by Gasteiger charge is -2.29. The van der Waals surface area contributed by atoms with Crippen molar-refractivity contribution >= 4 is 28.7 Å². The molecule has 1 aliphatic rings. The zero-order chi connectivity index (χ0) is 26.1. The third-order valence-corrected chi connectivity index (χ3v) is 6.92. The van der Waals surface area contributed by atoms with Crippen LogP contribution in [0.15, 0.2) is 59.7 Å². The molecule has 1 aromatic carbocycles.